The number of carbonyl (C=O) groups excluding carboxylic acids is 1. The molecule has 2 rings (SSSR count). The number of benzene rings is 2. The number of halogens is 3. The molecule has 1 amide bonds. The molecule has 0 aliphatic rings. The predicted molar refractivity (Wildman–Crippen MR) is 91.9 cm³/mol. The molecule has 2 aromatic rings. The molecule has 110 valence electrons. The van der Waals surface area contributed by atoms with E-state index in [1.54, 1.807) is 49.4 Å². The van der Waals surface area contributed by atoms with Crippen molar-refractivity contribution < 1.29 is 4.79 Å². The second-order valence-corrected chi connectivity index (χ2v) is 6.91. The maximum absolute atomic E-state index is 12.2. The van der Waals surface area contributed by atoms with E-state index in [0.29, 0.717) is 25.7 Å². The van der Waals surface area contributed by atoms with Crippen LogP contribution in [0, 0.1) is 0 Å². The summed E-state index contributed by atoms with van der Waals surface area (Å²) in [5.41, 5.74) is 0.658. The van der Waals surface area contributed by atoms with Crippen molar-refractivity contribution in [2.45, 2.75) is 17.1 Å². The maximum Gasteiger partial charge on any atom is 0.237 e. The zero-order chi connectivity index (χ0) is 15.4. The molecule has 0 radical (unpaired) electrons. The minimum atomic E-state index is -0.346. The topological polar surface area (TPSA) is 29.1 Å². The van der Waals surface area contributed by atoms with E-state index in [1.165, 1.54) is 11.8 Å². The van der Waals surface area contributed by atoms with Crippen LogP contribution in [0.1, 0.15) is 6.92 Å². The van der Waals surface area contributed by atoms with Crippen molar-refractivity contribution in [2.24, 2.45) is 0 Å². The van der Waals surface area contributed by atoms with Gasteiger partial charge in [-0.1, -0.05) is 46.9 Å². The standard InChI is InChI=1S/C15H12Cl3NOS/c1-9(21-14-12(17)6-3-7-13(14)18)15(20)19-11-5-2-4-10(16)8-11/h2-9H,1H3,(H,19,20)/t9-/m1/s1. The lowest BCUT2D eigenvalue weighted by molar-refractivity contribution is -0.115. The summed E-state index contributed by atoms with van der Waals surface area (Å²) in [4.78, 5) is 12.9. The summed E-state index contributed by atoms with van der Waals surface area (Å²) in [6.45, 7) is 1.80. The Kier molecular flexibility index (Phi) is 5.82. The third-order valence-corrected chi connectivity index (χ3v) is 5.01. The summed E-state index contributed by atoms with van der Waals surface area (Å²) in [7, 11) is 0. The molecule has 0 fully saturated rings. The van der Waals surface area contributed by atoms with Crippen LogP contribution in [0.25, 0.3) is 0 Å². The van der Waals surface area contributed by atoms with E-state index in [9.17, 15) is 4.79 Å². The van der Waals surface area contributed by atoms with Crippen molar-refractivity contribution in [3.63, 3.8) is 0 Å². The van der Waals surface area contributed by atoms with Crippen LogP contribution in [0.4, 0.5) is 5.69 Å². The quantitative estimate of drug-likeness (QED) is 0.702. The minimum absolute atomic E-state index is 0.141. The number of carbonyl (C=O) groups is 1. The Balaban J connectivity index is 2.06. The second-order valence-electron chi connectivity index (χ2n) is 4.31. The summed E-state index contributed by atoms with van der Waals surface area (Å²) in [5.74, 6) is -0.141. The lowest BCUT2D eigenvalue weighted by Crippen LogP contribution is -2.22. The summed E-state index contributed by atoms with van der Waals surface area (Å²) in [6.07, 6.45) is 0. The number of thioether (sulfide) groups is 1. The average Bonchev–Trinajstić information content (AvgIpc) is 2.43. The third kappa shape index (κ3) is 4.55. The molecule has 0 aliphatic heterocycles. The van der Waals surface area contributed by atoms with Gasteiger partial charge in [0.2, 0.25) is 5.91 Å². The smallest absolute Gasteiger partial charge is 0.237 e. The van der Waals surface area contributed by atoms with Gasteiger partial charge in [0.25, 0.3) is 0 Å². The van der Waals surface area contributed by atoms with Crippen LogP contribution in [0.15, 0.2) is 47.4 Å². The van der Waals surface area contributed by atoms with Gasteiger partial charge < -0.3 is 5.32 Å². The summed E-state index contributed by atoms with van der Waals surface area (Å²) in [6, 6.07) is 12.3. The van der Waals surface area contributed by atoms with Gasteiger partial charge in [-0.3, -0.25) is 4.79 Å². The number of hydrogen-bond acceptors (Lipinski definition) is 2. The Bertz CT molecular complexity index is 643. The van der Waals surface area contributed by atoms with Crippen LogP contribution >= 0.6 is 46.6 Å². The molecule has 0 heterocycles. The molecule has 2 aromatic carbocycles. The normalized spacial score (nSPS) is 12.0. The molecule has 0 bridgehead atoms. The van der Waals surface area contributed by atoms with Gasteiger partial charge in [0, 0.05) is 15.6 Å². The number of amides is 1. The van der Waals surface area contributed by atoms with Gasteiger partial charge in [-0.15, -0.1) is 11.8 Å². The summed E-state index contributed by atoms with van der Waals surface area (Å²) >= 11 is 19.4. The largest absolute Gasteiger partial charge is 0.325 e. The number of hydrogen-bond donors (Lipinski definition) is 1. The second kappa shape index (κ2) is 7.41. The van der Waals surface area contributed by atoms with Crippen molar-refractivity contribution in [3.05, 3.63) is 57.5 Å². The van der Waals surface area contributed by atoms with Gasteiger partial charge in [0.1, 0.15) is 0 Å². The first-order valence-corrected chi connectivity index (χ1v) is 8.16. The van der Waals surface area contributed by atoms with Crippen molar-refractivity contribution in [3.8, 4) is 0 Å². The molecule has 0 aromatic heterocycles. The van der Waals surface area contributed by atoms with E-state index >= 15 is 0 Å². The highest BCUT2D eigenvalue weighted by Gasteiger charge is 2.18. The minimum Gasteiger partial charge on any atom is -0.325 e. The van der Waals surface area contributed by atoms with E-state index in [0.717, 1.165) is 0 Å². The first-order valence-electron chi connectivity index (χ1n) is 6.14. The molecule has 2 nitrogen and oxygen atoms in total. The van der Waals surface area contributed by atoms with Gasteiger partial charge in [-0.2, -0.15) is 0 Å². The van der Waals surface area contributed by atoms with E-state index in [2.05, 4.69) is 5.32 Å². The highest BCUT2D eigenvalue weighted by molar-refractivity contribution is 8.00. The van der Waals surface area contributed by atoms with E-state index in [4.69, 9.17) is 34.8 Å². The Morgan fingerprint density at radius 1 is 1.10 bits per heavy atom. The zero-order valence-electron chi connectivity index (χ0n) is 11.1. The van der Waals surface area contributed by atoms with E-state index < -0.39 is 0 Å². The number of anilines is 1. The molecule has 1 N–H and O–H groups in total. The van der Waals surface area contributed by atoms with Crippen LogP contribution in [0.5, 0.6) is 0 Å². The predicted octanol–water partition coefficient (Wildman–Crippen LogP) is 5.77. The fraction of sp³-hybridized carbons (Fsp3) is 0.133. The van der Waals surface area contributed by atoms with E-state index in [1.807, 2.05) is 0 Å². The van der Waals surface area contributed by atoms with Gasteiger partial charge in [0.15, 0.2) is 0 Å². The first-order chi connectivity index (χ1) is 9.97. The van der Waals surface area contributed by atoms with Crippen LogP contribution < -0.4 is 5.32 Å². The molecule has 21 heavy (non-hydrogen) atoms. The summed E-state index contributed by atoms with van der Waals surface area (Å²) in [5, 5.41) is 4.11. The highest BCUT2D eigenvalue weighted by Crippen LogP contribution is 2.36. The fourth-order valence-electron chi connectivity index (χ4n) is 1.64. The van der Waals surface area contributed by atoms with Crippen LogP contribution in [-0.4, -0.2) is 11.2 Å². The number of nitrogens with one attached hydrogen (secondary N) is 1. The molecule has 0 saturated heterocycles. The zero-order valence-corrected chi connectivity index (χ0v) is 14.2. The lowest BCUT2D eigenvalue weighted by atomic mass is 10.3. The molecule has 0 saturated carbocycles. The molecule has 0 aliphatic carbocycles. The molecule has 0 spiro atoms. The first kappa shape index (κ1) is 16.5. The van der Waals surface area contributed by atoms with Crippen LogP contribution in [-0.2, 0) is 4.79 Å². The van der Waals surface area contributed by atoms with Crippen molar-refractivity contribution in [1.82, 2.24) is 0 Å². The van der Waals surface area contributed by atoms with Gasteiger partial charge in [0.05, 0.1) is 15.3 Å². The Morgan fingerprint density at radius 3 is 2.33 bits per heavy atom. The molecule has 6 heteroatoms. The van der Waals surface area contributed by atoms with Crippen LogP contribution in [0.2, 0.25) is 15.1 Å². The fourth-order valence-corrected chi connectivity index (χ4v) is 3.37. The SMILES string of the molecule is C[C@@H](Sc1c(Cl)cccc1Cl)C(=O)Nc1cccc(Cl)c1. The Labute approximate surface area is 142 Å². The van der Waals surface area contributed by atoms with E-state index in [-0.39, 0.29) is 11.2 Å². The van der Waals surface area contributed by atoms with Crippen molar-refractivity contribution in [1.29, 1.82) is 0 Å². The molecular weight excluding hydrogens is 349 g/mol. The molecule has 0 unspecified atom stereocenters. The van der Waals surface area contributed by atoms with Crippen molar-refractivity contribution >= 4 is 58.2 Å². The monoisotopic (exact) mass is 359 g/mol. The van der Waals surface area contributed by atoms with Gasteiger partial charge in [-0.05, 0) is 37.3 Å². The van der Waals surface area contributed by atoms with Crippen molar-refractivity contribution in [2.75, 3.05) is 5.32 Å². The molecule has 1 atom stereocenters. The Morgan fingerprint density at radius 2 is 1.71 bits per heavy atom. The third-order valence-electron chi connectivity index (χ3n) is 2.67. The van der Waals surface area contributed by atoms with Gasteiger partial charge in [-0.25, -0.2) is 0 Å². The molecular formula is C15H12Cl3NOS. The highest BCUT2D eigenvalue weighted by atomic mass is 35.5. The maximum atomic E-state index is 12.2. The average molecular weight is 361 g/mol. The number of rotatable bonds is 4. The lowest BCUT2D eigenvalue weighted by Gasteiger charge is -2.14. The Hall–Kier alpha value is -0.870. The van der Waals surface area contributed by atoms with Gasteiger partial charge >= 0.3 is 0 Å². The summed E-state index contributed by atoms with van der Waals surface area (Å²) < 4.78 is 0. The van der Waals surface area contributed by atoms with Crippen LogP contribution in [0.3, 0.4) is 0 Å².